The molecule has 2 saturated carbocycles. The van der Waals surface area contributed by atoms with Gasteiger partial charge in [-0.2, -0.15) is 0 Å². The topological polar surface area (TPSA) is 69.6 Å². The van der Waals surface area contributed by atoms with Crippen LogP contribution >= 0.6 is 0 Å². The molecular weight excluding hydrogens is 268 g/mol. The van der Waals surface area contributed by atoms with Crippen LogP contribution in [0.25, 0.3) is 0 Å². The van der Waals surface area contributed by atoms with Gasteiger partial charge in [0.2, 0.25) is 0 Å². The van der Waals surface area contributed by atoms with Gasteiger partial charge in [-0.3, -0.25) is 0 Å². The molecule has 0 aromatic rings. The van der Waals surface area contributed by atoms with Crippen LogP contribution in [0.4, 0.5) is 4.79 Å². The van der Waals surface area contributed by atoms with Gasteiger partial charge in [-0.25, -0.2) is 9.59 Å². The zero-order valence-electron chi connectivity index (χ0n) is 13.0. The van der Waals surface area contributed by atoms with Crippen molar-refractivity contribution in [2.45, 2.75) is 64.3 Å². The predicted octanol–water partition coefficient (Wildman–Crippen LogP) is 2.85. The molecule has 0 spiro atoms. The molecule has 0 radical (unpaired) electrons. The standard InChI is InChI=1S/C16H28N2O3/c1-2-10-18(11-12-8-9-12)16(21)17-14(15(19)20)13-6-4-3-5-7-13/h12-14H,2-11H2,1H3,(H,17,21)(H,19,20). The number of aliphatic carboxylic acids is 1. The summed E-state index contributed by atoms with van der Waals surface area (Å²) in [6.07, 6.45) is 8.44. The SMILES string of the molecule is CCCN(CC1CC1)C(=O)NC(C(=O)O)C1CCCCC1. The lowest BCUT2D eigenvalue weighted by atomic mass is 9.84. The molecule has 2 aliphatic rings. The van der Waals surface area contributed by atoms with Gasteiger partial charge in [-0.15, -0.1) is 0 Å². The number of amides is 2. The Morgan fingerprint density at radius 1 is 1.19 bits per heavy atom. The van der Waals surface area contributed by atoms with Crippen molar-refractivity contribution in [3.63, 3.8) is 0 Å². The highest BCUT2D eigenvalue weighted by Crippen LogP contribution is 2.30. The molecule has 2 aliphatic carbocycles. The maximum atomic E-state index is 12.4. The Kier molecular flexibility index (Phi) is 5.88. The van der Waals surface area contributed by atoms with Crippen LogP contribution in [-0.4, -0.2) is 41.1 Å². The molecule has 2 amide bonds. The van der Waals surface area contributed by atoms with E-state index in [1.807, 2.05) is 6.92 Å². The second kappa shape index (κ2) is 7.66. The zero-order chi connectivity index (χ0) is 15.2. The highest BCUT2D eigenvalue weighted by Gasteiger charge is 2.33. The summed E-state index contributed by atoms with van der Waals surface area (Å²) in [6, 6.07) is -0.918. The molecule has 2 N–H and O–H groups in total. The Balaban J connectivity index is 1.92. The van der Waals surface area contributed by atoms with Gasteiger partial charge >= 0.3 is 12.0 Å². The Morgan fingerprint density at radius 2 is 1.86 bits per heavy atom. The lowest BCUT2D eigenvalue weighted by Gasteiger charge is -2.30. The van der Waals surface area contributed by atoms with Crippen molar-refractivity contribution < 1.29 is 14.7 Å². The first-order chi connectivity index (χ1) is 10.1. The van der Waals surface area contributed by atoms with E-state index < -0.39 is 12.0 Å². The molecule has 120 valence electrons. The van der Waals surface area contributed by atoms with Gasteiger partial charge < -0.3 is 15.3 Å². The third kappa shape index (κ3) is 4.90. The third-order valence-corrected chi connectivity index (χ3v) is 4.62. The minimum Gasteiger partial charge on any atom is -0.480 e. The lowest BCUT2D eigenvalue weighted by molar-refractivity contribution is -0.141. The number of hydrogen-bond donors (Lipinski definition) is 2. The summed E-state index contributed by atoms with van der Waals surface area (Å²) in [5, 5.41) is 12.2. The number of nitrogens with one attached hydrogen (secondary N) is 1. The van der Waals surface area contributed by atoms with Crippen LogP contribution < -0.4 is 5.32 Å². The van der Waals surface area contributed by atoms with Crippen molar-refractivity contribution in [3.05, 3.63) is 0 Å². The van der Waals surface area contributed by atoms with Crippen LogP contribution in [0.5, 0.6) is 0 Å². The number of nitrogens with zero attached hydrogens (tertiary/aromatic N) is 1. The molecule has 0 aromatic heterocycles. The van der Waals surface area contributed by atoms with Crippen LogP contribution in [0.2, 0.25) is 0 Å². The van der Waals surface area contributed by atoms with Crippen LogP contribution in [0, 0.1) is 11.8 Å². The van der Waals surface area contributed by atoms with E-state index in [0.717, 1.165) is 38.6 Å². The first-order valence-corrected chi connectivity index (χ1v) is 8.40. The quantitative estimate of drug-likeness (QED) is 0.759. The monoisotopic (exact) mass is 296 g/mol. The Bertz CT molecular complexity index is 363. The van der Waals surface area contributed by atoms with Crippen LogP contribution in [0.1, 0.15) is 58.3 Å². The van der Waals surface area contributed by atoms with Crippen molar-refractivity contribution in [3.8, 4) is 0 Å². The lowest BCUT2D eigenvalue weighted by Crippen LogP contribution is -2.52. The summed E-state index contributed by atoms with van der Waals surface area (Å²) >= 11 is 0. The highest BCUT2D eigenvalue weighted by molar-refractivity contribution is 5.82. The summed E-state index contributed by atoms with van der Waals surface area (Å²) in [5.41, 5.74) is 0. The molecule has 0 saturated heterocycles. The maximum absolute atomic E-state index is 12.4. The van der Waals surface area contributed by atoms with Gasteiger partial charge in [-0.05, 0) is 43.9 Å². The number of carboxylic acid groups (broad SMARTS) is 1. The zero-order valence-corrected chi connectivity index (χ0v) is 13.0. The average Bonchev–Trinajstić information content (AvgIpc) is 3.28. The molecule has 0 aromatic carbocycles. The molecule has 1 atom stereocenters. The average molecular weight is 296 g/mol. The van der Waals surface area contributed by atoms with Crippen molar-refractivity contribution in [1.29, 1.82) is 0 Å². The second-order valence-electron chi connectivity index (χ2n) is 6.55. The van der Waals surface area contributed by atoms with Crippen LogP contribution in [0.3, 0.4) is 0 Å². The van der Waals surface area contributed by atoms with Gasteiger partial charge in [0.1, 0.15) is 6.04 Å². The van der Waals surface area contributed by atoms with Crippen molar-refractivity contribution in [2.24, 2.45) is 11.8 Å². The summed E-state index contributed by atoms with van der Waals surface area (Å²) in [5.74, 6) is -0.178. The highest BCUT2D eigenvalue weighted by atomic mass is 16.4. The number of carbonyl (C=O) groups is 2. The first kappa shape index (κ1) is 16.1. The van der Waals surface area contributed by atoms with E-state index in [9.17, 15) is 14.7 Å². The molecular formula is C16H28N2O3. The summed E-state index contributed by atoms with van der Waals surface area (Å²) < 4.78 is 0. The fraction of sp³-hybridized carbons (Fsp3) is 0.875. The predicted molar refractivity (Wildman–Crippen MR) is 81.1 cm³/mol. The van der Waals surface area contributed by atoms with Crippen LogP contribution in [-0.2, 0) is 4.79 Å². The Morgan fingerprint density at radius 3 is 2.38 bits per heavy atom. The number of carbonyl (C=O) groups excluding carboxylic acids is 1. The first-order valence-electron chi connectivity index (χ1n) is 8.40. The molecule has 1 unspecified atom stereocenters. The van der Waals surface area contributed by atoms with Gasteiger partial charge in [0.15, 0.2) is 0 Å². The molecule has 0 aliphatic heterocycles. The van der Waals surface area contributed by atoms with E-state index in [0.29, 0.717) is 12.5 Å². The van der Waals surface area contributed by atoms with Gasteiger partial charge in [0, 0.05) is 13.1 Å². The maximum Gasteiger partial charge on any atom is 0.326 e. The molecule has 5 nitrogen and oxygen atoms in total. The van der Waals surface area contributed by atoms with Crippen molar-refractivity contribution in [1.82, 2.24) is 10.2 Å². The summed E-state index contributed by atoms with van der Waals surface area (Å²) in [4.78, 5) is 25.7. The van der Waals surface area contributed by atoms with E-state index in [-0.39, 0.29) is 11.9 Å². The Hall–Kier alpha value is -1.26. The molecule has 21 heavy (non-hydrogen) atoms. The van der Waals surface area contributed by atoms with E-state index >= 15 is 0 Å². The van der Waals surface area contributed by atoms with Crippen molar-refractivity contribution in [2.75, 3.05) is 13.1 Å². The Labute approximate surface area is 127 Å². The van der Waals surface area contributed by atoms with Crippen molar-refractivity contribution >= 4 is 12.0 Å². The second-order valence-corrected chi connectivity index (χ2v) is 6.55. The van der Waals surface area contributed by atoms with Gasteiger partial charge in [0.25, 0.3) is 0 Å². The smallest absolute Gasteiger partial charge is 0.326 e. The van der Waals surface area contributed by atoms with Gasteiger partial charge in [0.05, 0.1) is 0 Å². The molecule has 5 heteroatoms. The minimum absolute atomic E-state index is 0.0876. The van der Waals surface area contributed by atoms with E-state index in [1.54, 1.807) is 4.90 Å². The van der Waals surface area contributed by atoms with Crippen LogP contribution in [0.15, 0.2) is 0 Å². The number of urea groups is 1. The normalized spacial score (nSPS) is 20.8. The van der Waals surface area contributed by atoms with E-state index in [2.05, 4.69) is 5.32 Å². The fourth-order valence-corrected chi connectivity index (χ4v) is 3.23. The number of rotatable bonds is 7. The largest absolute Gasteiger partial charge is 0.480 e. The molecule has 2 rings (SSSR count). The fourth-order valence-electron chi connectivity index (χ4n) is 3.23. The number of carboxylic acids is 1. The van der Waals surface area contributed by atoms with E-state index in [4.69, 9.17) is 0 Å². The number of hydrogen-bond acceptors (Lipinski definition) is 2. The molecule has 0 bridgehead atoms. The minimum atomic E-state index is -0.891. The summed E-state index contributed by atoms with van der Waals surface area (Å²) in [7, 11) is 0. The van der Waals surface area contributed by atoms with E-state index in [1.165, 1.54) is 19.3 Å². The third-order valence-electron chi connectivity index (χ3n) is 4.62. The molecule has 2 fully saturated rings. The summed E-state index contributed by atoms with van der Waals surface area (Å²) in [6.45, 7) is 3.53. The molecule has 0 heterocycles. The van der Waals surface area contributed by atoms with Gasteiger partial charge in [-0.1, -0.05) is 26.2 Å².